The number of rotatable bonds is 5. The highest BCUT2D eigenvalue weighted by atomic mass is 32.2. The van der Waals surface area contributed by atoms with Crippen molar-refractivity contribution in [2.24, 2.45) is 5.73 Å². The standard InChI is InChI=1S/C15H17N3O4S/c1-22-7-9-2-4-17(5-3-9)6-10-8-23-14-11(16)13(19)18(14)12(10)15(20)21/h2-5,11,14H,6-8,16H2,1H3. The average Bonchev–Trinajstić information content (AvgIpc) is 2.55. The van der Waals surface area contributed by atoms with Gasteiger partial charge >= 0.3 is 0 Å². The Balaban J connectivity index is 1.84. The number of carbonyl (C=O) groups is 2. The third-order valence-corrected chi connectivity index (χ3v) is 5.29. The van der Waals surface area contributed by atoms with Gasteiger partial charge in [0.25, 0.3) is 0 Å². The Morgan fingerprint density at radius 3 is 2.83 bits per heavy atom. The monoisotopic (exact) mass is 335 g/mol. The molecular weight excluding hydrogens is 318 g/mol. The topological polar surface area (TPSA) is 99.6 Å². The molecule has 2 aliphatic rings. The molecule has 1 aromatic rings. The van der Waals surface area contributed by atoms with E-state index in [2.05, 4.69) is 0 Å². The second-order valence-corrected chi connectivity index (χ2v) is 6.59. The van der Waals surface area contributed by atoms with Crippen molar-refractivity contribution >= 4 is 23.6 Å². The molecule has 2 unspecified atom stereocenters. The van der Waals surface area contributed by atoms with E-state index in [0.717, 1.165) is 5.56 Å². The molecule has 0 aliphatic carbocycles. The zero-order chi connectivity index (χ0) is 16.6. The van der Waals surface area contributed by atoms with Crippen LogP contribution in [-0.2, 0) is 27.5 Å². The molecule has 1 fully saturated rings. The number of fused-ring (bicyclic) bond motifs is 1. The highest BCUT2D eigenvalue weighted by Gasteiger charge is 2.50. The first-order chi connectivity index (χ1) is 11.0. The van der Waals surface area contributed by atoms with Crippen LogP contribution in [0.3, 0.4) is 0 Å². The Hall–Kier alpha value is -1.90. The van der Waals surface area contributed by atoms with E-state index in [9.17, 15) is 14.7 Å². The molecule has 23 heavy (non-hydrogen) atoms. The van der Waals surface area contributed by atoms with Crippen molar-refractivity contribution < 1.29 is 24.0 Å². The smallest absolute Gasteiger partial charge is 0.248 e. The van der Waals surface area contributed by atoms with Gasteiger partial charge in [0.15, 0.2) is 18.9 Å². The number of amides is 1. The fraction of sp³-hybridized carbons (Fsp3) is 0.400. The number of β-lactam (4-membered cyclic amide) rings is 1. The first-order valence-corrected chi connectivity index (χ1v) is 8.18. The lowest BCUT2D eigenvalue weighted by atomic mass is 10.0. The van der Waals surface area contributed by atoms with Gasteiger partial charge in [0.1, 0.15) is 11.4 Å². The van der Waals surface area contributed by atoms with E-state index >= 15 is 0 Å². The fourth-order valence-corrected chi connectivity index (χ4v) is 4.05. The normalized spacial score (nSPS) is 23.6. The van der Waals surface area contributed by atoms with Crippen molar-refractivity contribution in [1.82, 2.24) is 4.90 Å². The molecule has 0 bridgehead atoms. The minimum Gasteiger partial charge on any atom is -0.543 e. The maximum atomic E-state index is 11.9. The predicted octanol–water partition coefficient (Wildman–Crippen LogP) is -1.63. The Labute approximate surface area is 137 Å². The van der Waals surface area contributed by atoms with Crippen LogP contribution in [0.15, 0.2) is 35.8 Å². The summed E-state index contributed by atoms with van der Waals surface area (Å²) >= 11 is 1.48. The van der Waals surface area contributed by atoms with Crippen LogP contribution in [0.5, 0.6) is 0 Å². The van der Waals surface area contributed by atoms with Gasteiger partial charge in [-0.05, 0) is 5.56 Å². The third kappa shape index (κ3) is 2.85. The number of carbonyl (C=O) groups excluding carboxylic acids is 2. The zero-order valence-electron chi connectivity index (χ0n) is 12.6. The van der Waals surface area contributed by atoms with Crippen LogP contribution in [0, 0.1) is 0 Å². The van der Waals surface area contributed by atoms with E-state index in [-0.39, 0.29) is 17.0 Å². The van der Waals surface area contributed by atoms with Crippen LogP contribution in [0.2, 0.25) is 0 Å². The quantitative estimate of drug-likeness (QED) is 0.512. The first-order valence-electron chi connectivity index (χ1n) is 7.13. The number of methoxy groups -OCH3 is 1. The fourth-order valence-electron chi connectivity index (χ4n) is 2.77. The van der Waals surface area contributed by atoms with Crippen molar-refractivity contribution in [2.75, 3.05) is 12.9 Å². The maximum absolute atomic E-state index is 11.9. The summed E-state index contributed by atoms with van der Waals surface area (Å²) in [7, 11) is 1.63. The summed E-state index contributed by atoms with van der Waals surface area (Å²) < 4.78 is 6.92. The van der Waals surface area contributed by atoms with Gasteiger partial charge in [-0.2, -0.15) is 0 Å². The van der Waals surface area contributed by atoms with Crippen LogP contribution in [0.25, 0.3) is 0 Å². The molecule has 122 valence electrons. The van der Waals surface area contributed by atoms with Crippen LogP contribution < -0.4 is 15.4 Å². The maximum Gasteiger partial charge on any atom is 0.248 e. The van der Waals surface area contributed by atoms with Gasteiger partial charge in [-0.3, -0.25) is 9.69 Å². The largest absolute Gasteiger partial charge is 0.543 e. The summed E-state index contributed by atoms with van der Waals surface area (Å²) in [5, 5.41) is 11.2. The van der Waals surface area contributed by atoms with Crippen LogP contribution in [-0.4, -0.2) is 41.1 Å². The number of hydrogen-bond acceptors (Lipinski definition) is 6. The molecule has 2 atom stereocenters. The average molecular weight is 335 g/mol. The van der Waals surface area contributed by atoms with Crippen molar-refractivity contribution in [3.05, 3.63) is 41.4 Å². The Morgan fingerprint density at radius 1 is 1.52 bits per heavy atom. The summed E-state index contributed by atoms with van der Waals surface area (Å²) in [6, 6.07) is 3.19. The Bertz CT molecular complexity index is 674. The predicted molar refractivity (Wildman–Crippen MR) is 80.5 cm³/mol. The molecule has 0 spiro atoms. The lowest BCUT2D eigenvalue weighted by Crippen LogP contribution is -2.69. The van der Waals surface area contributed by atoms with Crippen molar-refractivity contribution in [2.45, 2.75) is 24.6 Å². The van der Waals surface area contributed by atoms with E-state index in [1.54, 1.807) is 7.11 Å². The van der Waals surface area contributed by atoms with Crippen LogP contribution in [0.4, 0.5) is 0 Å². The van der Waals surface area contributed by atoms with Gasteiger partial charge in [-0.1, -0.05) is 0 Å². The van der Waals surface area contributed by atoms with Gasteiger partial charge in [0.2, 0.25) is 5.91 Å². The summed E-state index contributed by atoms with van der Waals surface area (Å²) in [5.74, 6) is -1.18. The van der Waals surface area contributed by atoms with Crippen molar-refractivity contribution in [3.8, 4) is 0 Å². The molecule has 7 nitrogen and oxygen atoms in total. The molecule has 1 amide bonds. The van der Waals surface area contributed by atoms with Gasteiger partial charge in [0, 0.05) is 30.6 Å². The van der Waals surface area contributed by atoms with E-state index < -0.39 is 12.0 Å². The second-order valence-electron chi connectivity index (χ2n) is 5.49. The highest BCUT2D eigenvalue weighted by Crippen LogP contribution is 2.39. The number of carboxylic acids is 1. The minimum atomic E-state index is -1.33. The third-order valence-electron chi connectivity index (χ3n) is 3.93. The number of nitrogens with zero attached hydrogens (tertiary/aromatic N) is 2. The lowest BCUT2D eigenvalue weighted by molar-refractivity contribution is -0.689. The molecule has 0 radical (unpaired) electrons. The molecule has 1 aromatic heterocycles. The lowest BCUT2D eigenvalue weighted by Gasteiger charge is -2.49. The van der Waals surface area contributed by atoms with E-state index in [4.69, 9.17) is 10.5 Å². The second kappa shape index (κ2) is 6.31. The Kier molecular flexibility index (Phi) is 4.38. The molecule has 2 N–H and O–H groups in total. The molecule has 8 heteroatoms. The molecule has 0 aromatic carbocycles. The van der Waals surface area contributed by atoms with E-state index in [0.29, 0.717) is 24.5 Å². The van der Waals surface area contributed by atoms with Crippen molar-refractivity contribution in [1.29, 1.82) is 0 Å². The number of ether oxygens (including phenoxy) is 1. The summed E-state index contributed by atoms with van der Waals surface area (Å²) in [4.78, 5) is 24.6. The van der Waals surface area contributed by atoms with Gasteiger partial charge in [-0.25, -0.2) is 4.57 Å². The summed E-state index contributed by atoms with van der Waals surface area (Å²) in [6.45, 7) is 0.904. The van der Waals surface area contributed by atoms with Crippen LogP contribution in [0.1, 0.15) is 5.56 Å². The zero-order valence-corrected chi connectivity index (χ0v) is 13.4. The van der Waals surface area contributed by atoms with Crippen LogP contribution >= 0.6 is 11.8 Å². The molecule has 1 saturated heterocycles. The number of nitrogens with two attached hydrogens (primary N) is 1. The first kappa shape index (κ1) is 16.0. The SMILES string of the molecule is COCc1cc[n+](CC2=C(C(=O)[O-])N3C(=O)C(N)C3SC2)cc1. The number of aliphatic carboxylic acids is 1. The number of aromatic nitrogens is 1. The van der Waals surface area contributed by atoms with Gasteiger partial charge in [0.05, 0.1) is 18.3 Å². The number of carboxylic acid groups (broad SMARTS) is 1. The van der Waals surface area contributed by atoms with E-state index in [1.165, 1.54) is 16.7 Å². The molecular formula is C15H17N3O4S. The Morgan fingerprint density at radius 2 is 2.22 bits per heavy atom. The minimum absolute atomic E-state index is 0.0334. The van der Waals surface area contributed by atoms with Gasteiger partial charge < -0.3 is 20.4 Å². The molecule has 2 aliphatic heterocycles. The number of hydrogen-bond donors (Lipinski definition) is 1. The number of thioether (sulfide) groups is 1. The highest BCUT2D eigenvalue weighted by molar-refractivity contribution is 8.00. The van der Waals surface area contributed by atoms with Gasteiger partial charge in [-0.15, -0.1) is 11.8 Å². The van der Waals surface area contributed by atoms with Crippen molar-refractivity contribution in [3.63, 3.8) is 0 Å². The molecule has 0 saturated carbocycles. The molecule has 3 heterocycles. The number of pyridine rings is 1. The summed E-state index contributed by atoms with van der Waals surface area (Å²) in [6.07, 6.45) is 3.71. The van der Waals surface area contributed by atoms with E-state index in [1.807, 2.05) is 29.1 Å². The molecule has 3 rings (SSSR count). The summed E-state index contributed by atoms with van der Waals surface area (Å²) in [5.41, 5.74) is 7.36.